The number of hydrogen-bond donors (Lipinski definition) is 1. The first-order valence-electron chi connectivity index (χ1n) is 6.46. The number of hydrogen-bond acceptors (Lipinski definition) is 2. The van der Waals surface area contributed by atoms with Gasteiger partial charge in [0, 0.05) is 15.5 Å². The second-order valence-corrected chi connectivity index (χ2v) is 6.77. The van der Waals surface area contributed by atoms with E-state index in [0.717, 1.165) is 26.0 Å². The third-order valence-electron chi connectivity index (χ3n) is 2.99. The molecule has 2 aromatic carbocycles. The van der Waals surface area contributed by atoms with Crippen molar-refractivity contribution in [3.05, 3.63) is 56.5 Å². The van der Waals surface area contributed by atoms with Crippen LogP contribution in [0.3, 0.4) is 0 Å². The molecule has 0 aliphatic heterocycles. The van der Waals surface area contributed by atoms with Crippen LogP contribution >= 0.6 is 31.9 Å². The predicted molar refractivity (Wildman–Crippen MR) is 90.3 cm³/mol. The molecule has 20 heavy (non-hydrogen) atoms. The van der Waals surface area contributed by atoms with Gasteiger partial charge >= 0.3 is 0 Å². The van der Waals surface area contributed by atoms with Crippen molar-refractivity contribution in [3.8, 4) is 11.5 Å². The zero-order chi connectivity index (χ0) is 14.7. The van der Waals surface area contributed by atoms with Crippen LogP contribution in [0.4, 0.5) is 0 Å². The molecule has 0 aliphatic rings. The number of rotatable bonds is 4. The zero-order valence-corrected chi connectivity index (χ0v) is 14.7. The van der Waals surface area contributed by atoms with Gasteiger partial charge in [-0.05, 0) is 53.4 Å². The Morgan fingerprint density at radius 2 is 1.80 bits per heavy atom. The number of halogens is 2. The van der Waals surface area contributed by atoms with Crippen molar-refractivity contribution in [2.24, 2.45) is 5.73 Å². The number of nitrogens with two attached hydrogens (primary N) is 1. The average molecular weight is 399 g/mol. The molecule has 0 unspecified atom stereocenters. The summed E-state index contributed by atoms with van der Waals surface area (Å²) in [4.78, 5) is 0. The van der Waals surface area contributed by atoms with Gasteiger partial charge in [-0.3, -0.25) is 0 Å². The molecule has 2 rings (SSSR count). The Labute approximate surface area is 136 Å². The summed E-state index contributed by atoms with van der Waals surface area (Å²) in [6, 6.07) is 12.0. The Hall–Kier alpha value is -0.840. The van der Waals surface area contributed by atoms with Crippen molar-refractivity contribution in [3.63, 3.8) is 0 Å². The minimum Gasteiger partial charge on any atom is -0.457 e. The molecule has 0 fully saturated rings. The minimum atomic E-state index is 0.392. The lowest BCUT2D eigenvalue weighted by Crippen LogP contribution is -1.98. The molecule has 0 radical (unpaired) electrons. The third kappa shape index (κ3) is 3.84. The molecule has 4 heteroatoms. The molecule has 0 aliphatic carbocycles. The minimum absolute atomic E-state index is 0.392. The highest BCUT2D eigenvalue weighted by Crippen LogP contribution is 2.34. The van der Waals surface area contributed by atoms with Crippen LogP contribution in [0.2, 0.25) is 0 Å². The van der Waals surface area contributed by atoms with Gasteiger partial charge in [-0.25, -0.2) is 0 Å². The summed E-state index contributed by atoms with van der Waals surface area (Å²) >= 11 is 6.99. The Kier molecular flexibility index (Phi) is 5.24. The molecule has 2 N–H and O–H groups in total. The van der Waals surface area contributed by atoms with Gasteiger partial charge in [0.15, 0.2) is 0 Å². The molecule has 0 amide bonds. The van der Waals surface area contributed by atoms with Gasteiger partial charge in [0.05, 0.1) is 0 Å². The van der Waals surface area contributed by atoms with Crippen LogP contribution in [0.25, 0.3) is 0 Å². The van der Waals surface area contributed by atoms with Crippen molar-refractivity contribution in [2.45, 2.75) is 26.3 Å². The van der Waals surface area contributed by atoms with E-state index in [0.29, 0.717) is 12.5 Å². The van der Waals surface area contributed by atoms with E-state index >= 15 is 0 Å². The summed E-state index contributed by atoms with van der Waals surface area (Å²) in [5.74, 6) is 2.07. The highest BCUT2D eigenvalue weighted by Gasteiger charge is 2.10. The molecular formula is C16H17Br2NO. The summed E-state index contributed by atoms with van der Waals surface area (Å²) in [6.45, 7) is 4.80. The van der Waals surface area contributed by atoms with Crippen LogP contribution in [0.1, 0.15) is 30.9 Å². The van der Waals surface area contributed by atoms with Crippen LogP contribution in [-0.2, 0) is 6.54 Å². The highest BCUT2D eigenvalue weighted by molar-refractivity contribution is 9.10. The molecule has 0 heterocycles. The summed E-state index contributed by atoms with van der Waals surface area (Å²) in [5, 5.41) is 0. The normalized spacial score (nSPS) is 10.9. The quantitative estimate of drug-likeness (QED) is 0.728. The molecule has 0 spiro atoms. The molecule has 0 atom stereocenters. The van der Waals surface area contributed by atoms with Gasteiger partial charge in [-0.15, -0.1) is 0 Å². The lowest BCUT2D eigenvalue weighted by Gasteiger charge is -2.15. The second kappa shape index (κ2) is 6.74. The predicted octanol–water partition coefficient (Wildman–Crippen LogP) is 5.59. The van der Waals surface area contributed by atoms with Gasteiger partial charge in [-0.2, -0.15) is 0 Å². The maximum atomic E-state index is 6.04. The van der Waals surface area contributed by atoms with Crippen molar-refractivity contribution in [1.29, 1.82) is 0 Å². The smallest absolute Gasteiger partial charge is 0.130 e. The molecule has 2 nitrogen and oxygen atoms in total. The van der Waals surface area contributed by atoms with Crippen LogP contribution in [-0.4, -0.2) is 0 Å². The summed E-state index contributed by atoms with van der Waals surface area (Å²) < 4.78 is 8.07. The monoisotopic (exact) mass is 397 g/mol. The summed E-state index contributed by atoms with van der Waals surface area (Å²) in [5.41, 5.74) is 7.91. The maximum Gasteiger partial charge on any atom is 0.130 e. The van der Waals surface area contributed by atoms with E-state index in [1.165, 1.54) is 5.56 Å². The first-order valence-corrected chi connectivity index (χ1v) is 8.05. The van der Waals surface area contributed by atoms with E-state index in [9.17, 15) is 0 Å². The molecule has 0 saturated heterocycles. The first-order chi connectivity index (χ1) is 9.49. The third-order valence-corrected chi connectivity index (χ3v) is 3.94. The Morgan fingerprint density at radius 1 is 1.05 bits per heavy atom. The summed E-state index contributed by atoms with van der Waals surface area (Å²) in [7, 11) is 0. The Bertz CT molecular complexity index is 611. The van der Waals surface area contributed by atoms with Crippen LogP contribution in [0.15, 0.2) is 45.3 Å². The number of ether oxygens (including phenoxy) is 1. The largest absolute Gasteiger partial charge is 0.457 e. The fourth-order valence-corrected chi connectivity index (χ4v) is 2.89. The van der Waals surface area contributed by atoms with Gasteiger partial charge in [0.2, 0.25) is 0 Å². The first kappa shape index (κ1) is 15.5. The highest BCUT2D eigenvalue weighted by atomic mass is 79.9. The van der Waals surface area contributed by atoms with Gasteiger partial charge in [-0.1, -0.05) is 45.7 Å². The SMILES string of the molecule is CC(C)c1cc(Br)ccc1Oc1cc(Br)cc(CN)c1. The van der Waals surface area contributed by atoms with Crippen LogP contribution in [0, 0.1) is 0 Å². The van der Waals surface area contributed by atoms with Crippen molar-refractivity contribution in [1.82, 2.24) is 0 Å². The van der Waals surface area contributed by atoms with E-state index in [1.807, 2.05) is 30.3 Å². The summed E-state index contributed by atoms with van der Waals surface area (Å²) in [6.07, 6.45) is 0. The van der Waals surface area contributed by atoms with Crippen molar-refractivity contribution >= 4 is 31.9 Å². The standard InChI is InChI=1S/C16H17Br2NO/c1-10(2)15-8-12(17)3-4-16(15)20-14-6-11(9-19)5-13(18)7-14/h3-8,10H,9,19H2,1-2H3. The molecule has 0 saturated carbocycles. The lowest BCUT2D eigenvalue weighted by molar-refractivity contribution is 0.472. The topological polar surface area (TPSA) is 35.2 Å². The van der Waals surface area contributed by atoms with E-state index < -0.39 is 0 Å². The van der Waals surface area contributed by atoms with Crippen LogP contribution in [0.5, 0.6) is 11.5 Å². The van der Waals surface area contributed by atoms with Gasteiger partial charge < -0.3 is 10.5 Å². The molecule has 0 bridgehead atoms. The van der Waals surface area contributed by atoms with E-state index in [4.69, 9.17) is 10.5 Å². The molecule has 106 valence electrons. The van der Waals surface area contributed by atoms with Gasteiger partial charge in [0.1, 0.15) is 11.5 Å². The van der Waals surface area contributed by atoms with E-state index in [1.54, 1.807) is 0 Å². The Balaban J connectivity index is 2.37. The lowest BCUT2D eigenvalue weighted by atomic mass is 10.0. The van der Waals surface area contributed by atoms with Gasteiger partial charge in [0.25, 0.3) is 0 Å². The molecular weight excluding hydrogens is 382 g/mol. The van der Waals surface area contributed by atoms with Crippen LogP contribution < -0.4 is 10.5 Å². The second-order valence-electron chi connectivity index (χ2n) is 4.94. The zero-order valence-electron chi connectivity index (χ0n) is 11.5. The average Bonchev–Trinajstić information content (AvgIpc) is 2.40. The fraction of sp³-hybridized carbons (Fsp3) is 0.250. The molecule has 2 aromatic rings. The van der Waals surface area contributed by atoms with E-state index in [-0.39, 0.29) is 0 Å². The molecule has 0 aromatic heterocycles. The van der Waals surface area contributed by atoms with E-state index in [2.05, 4.69) is 51.8 Å². The van der Waals surface area contributed by atoms with Crippen molar-refractivity contribution in [2.75, 3.05) is 0 Å². The number of benzene rings is 2. The Morgan fingerprint density at radius 3 is 2.45 bits per heavy atom. The fourth-order valence-electron chi connectivity index (χ4n) is 1.99. The van der Waals surface area contributed by atoms with Crippen molar-refractivity contribution < 1.29 is 4.74 Å². The maximum absolute atomic E-state index is 6.04.